The van der Waals surface area contributed by atoms with E-state index in [0.717, 1.165) is 44.9 Å². The van der Waals surface area contributed by atoms with E-state index >= 15 is 0 Å². The van der Waals surface area contributed by atoms with Crippen LogP contribution in [0.25, 0.3) is 33.4 Å². The summed E-state index contributed by atoms with van der Waals surface area (Å²) >= 11 is 0. The molecule has 0 atom stereocenters. The van der Waals surface area contributed by atoms with Gasteiger partial charge in [-0.05, 0) is 61.4 Å². The minimum absolute atomic E-state index is 0.143. The number of aromatic nitrogens is 1. The van der Waals surface area contributed by atoms with E-state index in [1.165, 1.54) is 0 Å². The second-order valence-corrected chi connectivity index (χ2v) is 6.46. The molecule has 0 bridgehead atoms. The fraction of sp³-hybridized carbons (Fsp3) is 0.182. The molecule has 3 aromatic heterocycles. The number of Topliss-reactive ketones (excluding diaryl/α,β-unsaturated/α-hetero) is 1. The van der Waals surface area contributed by atoms with E-state index in [0.29, 0.717) is 12.8 Å². The maximum absolute atomic E-state index is 11.5. The number of ketones is 1. The van der Waals surface area contributed by atoms with Crippen molar-refractivity contribution in [2.45, 2.75) is 26.7 Å². The molecular weight excluding hydrogens is 326 g/mol. The molecule has 0 radical (unpaired) electrons. The van der Waals surface area contributed by atoms with Gasteiger partial charge in [0.1, 0.15) is 28.6 Å². The van der Waals surface area contributed by atoms with Gasteiger partial charge in [-0.2, -0.15) is 0 Å². The molecule has 0 aliphatic heterocycles. The molecule has 0 unspecified atom stereocenters. The zero-order valence-electron chi connectivity index (χ0n) is 14.8. The molecule has 0 saturated carbocycles. The van der Waals surface area contributed by atoms with Gasteiger partial charge in [-0.15, -0.1) is 0 Å². The Hall–Kier alpha value is -3.14. The Morgan fingerprint density at radius 2 is 1.81 bits per heavy atom. The molecule has 0 saturated heterocycles. The number of hydrogen-bond acceptors (Lipinski definition) is 4. The van der Waals surface area contributed by atoms with Gasteiger partial charge in [-0.3, -0.25) is 4.98 Å². The molecular formula is C22H19NO3. The largest absolute Gasteiger partial charge is 0.461 e. The lowest BCUT2D eigenvalue weighted by molar-refractivity contribution is -0.117. The van der Waals surface area contributed by atoms with Crippen molar-refractivity contribution in [1.29, 1.82) is 0 Å². The maximum atomic E-state index is 11.5. The second kappa shape index (κ2) is 6.64. The molecule has 26 heavy (non-hydrogen) atoms. The van der Waals surface area contributed by atoms with E-state index < -0.39 is 0 Å². The van der Waals surface area contributed by atoms with E-state index in [2.05, 4.69) is 17.1 Å². The Labute approximate surface area is 151 Å². The molecule has 0 N–H and O–H groups in total. The molecule has 4 heteroatoms. The van der Waals surface area contributed by atoms with Gasteiger partial charge in [0.05, 0.1) is 5.56 Å². The van der Waals surface area contributed by atoms with Gasteiger partial charge in [0.15, 0.2) is 0 Å². The molecule has 3 heterocycles. The first-order valence-electron chi connectivity index (χ1n) is 8.64. The lowest BCUT2D eigenvalue weighted by Gasteiger charge is -2.01. The summed E-state index contributed by atoms with van der Waals surface area (Å²) in [5.74, 6) is 2.55. The first-order chi connectivity index (χ1) is 12.6. The zero-order chi connectivity index (χ0) is 18.1. The molecule has 1 aromatic carbocycles. The van der Waals surface area contributed by atoms with Gasteiger partial charge in [0.2, 0.25) is 0 Å². The molecule has 4 aromatic rings. The third kappa shape index (κ3) is 3.06. The minimum Gasteiger partial charge on any atom is -0.461 e. The Morgan fingerprint density at radius 1 is 1.00 bits per heavy atom. The van der Waals surface area contributed by atoms with Crippen LogP contribution in [0.1, 0.15) is 24.9 Å². The van der Waals surface area contributed by atoms with Crippen molar-refractivity contribution in [3.63, 3.8) is 0 Å². The van der Waals surface area contributed by atoms with E-state index in [4.69, 9.17) is 8.83 Å². The number of carbonyl (C=O) groups excluding carboxylic acids is 1. The summed E-state index contributed by atoms with van der Waals surface area (Å²) < 4.78 is 12.0. The van der Waals surface area contributed by atoms with E-state index in [-0.39, 0.29) is 5.78 Å². The highest BCUT2D eigenvalue weighted by atomic mass is 16.4. The van der Waals surface area contributed by atoms with Crippen molar-refractivity contribution in [2.24, 2.45) is 0 Å². The highest BCUT2D eigenvalue weighted by Crippen LogP contribution is 2.38. The SMILES string of the molecule is CC(=O)CCc1oc2cc(-c3ccncc3)ccc2c1-c1ccc(C)o1. The third-order valence-corrected chi connectivity index (χ3v) is 4.47. The van der Waals surface area contributed by atoms with Crippen LogP contribution in [0.3, 0.4) is 0 Å². The Bertz CT molecular complexity index is 1070. The van der Waals surface area contributed by atoms with Crippen molar-refractivity contribution in [2.75, 3.05) is 0 Å². The van der Waals surface area contributed by atoms with Gasteiger partial charge in [0, 0.05) is 30.6 Å². The summed E-state index contributed by atoms with van der Waals surface area (Å²) in [7, 11) is 0. The highest BCUT2D eigenvalue weighted by Gasteiger charge is 2.19. The zero-order valence-corrected chi connectivity index (χ0v) is 14.8. The number of aryl methyl sites for hydroxylation is 2. The molecule has 0 spiro atoms. The number of rotatable bonds is 5. The summed E-state index contributed by atoms with van der Waals surface area (Å²) in [5.41, 5.74) is 3.88. The number of nitrogens with zero attached hydrogens (tertiary/aromatic N) is 1. The van der Waals surface area contributed by atoms with Gasteiger partial charge >= 0.3 is 0 Å². The van der Waals surface area contributed by atoms with Crippen molar-refractivity contribution in [3.05, 3.63) is 66.4 Å². The number of fused-ring (bicyclic) bond motifs is 1. The number of hydrogen-bond donors (Lipinski definition) is 0. The molecule has 0 aliphatic rings. The average molecular weight is 345 g/mol. The number of carbonyl (C=O) groups is 1. The minimum atomic E-state index is 0.143. The van der Waals surface area contributed by atoms with Gasteiger partial charge in [-0.1, -0.05) is 6.07 Å². The molecule has 130 valence electrons. The topological polar surface area (TPSA) is 56.2 Å². The van der Waals surface area contributed by atoms with Crippen LogP contribution < -0.4 is 0 Å². The lowest BCUT2D eigenvalue weighted by atomic mass is 10.0. The molecule has 0 fully saturated rings. The van der Waals surface area contributed by atoms with Crippen LogP contribution >= 0.6 is 0 Å². The molecule has 0 aliphatic carbocycles. The van der Waals surface area contributed by atoms with Crippen molar-refractivity contribution >= 4 is 16.8 Å². The predicted molar refractivity (Wildman–Crippen MR) is 101 cm³/mol. The Morgan fingerprint density at radius 3 is 2.50 bits per heavy atom. The van der Waals surface area contributed by atoms with Gasteiger partial charge in [0.25, 0.3) is 0 Å². The van der Waals surface area contributed by atoms with Gasteiger partial charge in [-0.25, -0.2) is 0 Å². The van der Waals surface area contributed by atoms with Gasteiger partial charge < -0.3 is 13.6 Å². The van der Waals surface area contributed by atoms with E-state index in [1.54, 1.807) is 19.3 Å². The van der Waals surface area contributed by atoms with E-state index in [9.17, 15) is 4.79 Å². The van der Waals surface area contributed by atoms with Crippen LogP contribution in [-0.2, 0) is 11.2 Å². The van der Waals surface area contributed by atoms with Crippen molar-refractivity contribution in [3.8, 4) is 22.5 Å². The van der Waals surface area contributed by atoms with Crippen LogP contribution in [0, 0.1) is 6.92 Å². The normalized spacial score (nSPS) is 11.2. The van der Waals surface area contributed by atoms with Crippen molar-refractivity contribution < 1.29 is 13.6 Å². The van der Waals surface area contributed by atoms with Crippen LogP contribution in [0.4, 0.5) is 0 Å². The maximum Gasteiger partial charge on any atom is 0.138 e. The summed E-state index contributed by atoms with van der Waals surface area (Å²) in [6, 6.07) is 14.0. The highest BCUT2D eigenvalue weighted by molar-refractivity contribution is 5.96. The fourth-order valence-corrected chi connectivity index (χ4v) is 3.18. The fourth-order valence-electron chi connectivity index (χ4n) is 3.18. The summed E-state index contributed by atoms with van der Waals surface area (Å²) in [6.45, 7) is 3.52. The number of pyridine rings is 1. The average Bonchev–Trinajstić information content (AvgIpc) is 3.22. The smallest absolute Gasteiger partial charge is 0.138 e. The molecule has 0 amide bonds. The Balaban J connectivity index is 1.86. The summed E-state index contributed by atoms with van der Waals surface area (Å²) in [6.07, 6.45) is 4.56. The van der Waals surface area contributed by atoms with Crippen LogP contribution in [0.5, 0.6) is 0 Å². The second-order valence-electron chi connectivity index (χ2n) is 6.46. The molecule has 4 nitrogen and oxygen atoms in total. The first-order valence-corrected chi connectivity index (χ1v) is 8.64. The van der Waals surface area contributed by atoms with Crippen molar-refractivity contribution in [1.82, 2.24) is 4.98 Å². The van der Waals surface area contributed by atoms with Crippen LogP contribution in [0.2, 0.25) is 0 Å². The van der Waals surface area contributed by atoms with Crippen LogP contribution in [0.15, 0.2) is 63.7 Å². The summed E-state index contributed by atoms with van der Waals surface area (Å²) in [4.78, 5) is 15.5. The summed E-state index contributed by atoms with van der Waals surface area (Å²) in [5, 5.41) is 0.996. The monoisotopic (exact) mass is 345 g/mol. The number of furan rings is 2. The standard InChI is InChI=1S/C22H19NO3/c1-14(24)3-7-20-22(19-8-4-15(2)25-19)18-6-5-17(13-21(18)26-20)16-9-11-23-12-10-16/h4-6,8-13H,3,7H2,1-2H3. The Kier molecular flexibility index (Phi) is 4.17. The first kappa shape index (κ1) is 16.3. The molecule has 4 rings (SSSR count). The van der Waals surface area contributed by atoms with E-state index in [1.807, 2.05) is 37.3 Å². The number of benzene rings is 1. The lowest BCUT2D eigenvalue weighted by Crippen LogP contribution is -1.93. The van der Waals surface area contributed by atoms with Crippen LogP contribution in [-0.4, -0.2) is 10.8 Å². The third-order valence-electron chi connectivity index (χ3n) is 4.47. The quantitative estimate of drug-likeness (QED) is 0.473. The predicted octanol–water partition coefficient (Wildman–Crippen LogP) is 5.58.